The Morgan fingerprint density at radius 1 is 1.19 bits per heavy atom. The van der Waals surface area contributed by atoms with E-state index in [0.29, 0.717) is 19.7 Å². The Morgan fingerprint density at radius 3 is 2.69 bits per heavy atom. The highest BCUT2D eigenvalue weighted by Crippen LogP contribution is 2.33. The van der Waals surface area contributed by atoms with E-state index >= 15 is 0 Å². The molecule has 1 amide bonds. The van der Waals surface area contributed by atoms with Crippen LogP contribution in [0.25, 0.3) is 0 Å². The lowest BCUT2D eigenvalue weighted by Gasteiger charge is -2.32. The Kier molecular flexibility index (Phi) is 6.30. The van der Waals surface area contributed by atoms with Gasteiger partial charge in [0.2, 0.25) is 5.91 Å². The largest absolute Gasteiger partial charge is 0.463 e. The molecule has 0 radical (unpaired) electrons. The molecule has 0 saturated carbocycles. The molecular weight excluding hydrogens is 348 g/mol. The van der Waals surface area contributed by atoms with Gasteiger partial charge in [-0.1, -0.05) is 49.0 Å². The number of carbonyl (C=O) groups excluding carboxylic acids is 2. The lowest BCUT2D eigenvalue weighted by molar-refractivity contribution is -0.158. The number of amides is 1. The number of esters is 1. The van der Waals surface area contributed by atoms with Gasteiger partial charge in [0, 0.05) is 16.3 Å². The number of ether oxygens (including phenoxy) is 1. The Balaban J connectivity index is 1.68. The van der Waals surface area contributed by atoms with Crippen LogP contribution in [0.1, 0.15) is 13.3 Å². The van der Waals surface area contributed by atoms with Crippen molar-refractivity contribution >= 4 is 29.3 Å². The summed E-state index contributed by atoms with van der Waals surface area (Å²) >= 11 is 1.59. The van der Waals surface area contributed by atoms with Crippen LogP contribution in [-0.4, -0.2) is 42.5 Å². The van der Waals surface area contributed by atoms with Gasteiger partial charge in [0.05, 0.1) is 12.1 Å². The highest BCUT2D eigenvalue weighted by molar-refractivity contribution is 7.99. The molecule has 0 bridgehead atoms. The summed E-state index contributed by atoms with van der Waals surface area (Å²) in [7, 11) is 0. The molecule has 0 aromatic heterocycles. The van der Waals surface area contributed by atoms with Crippen LogP contribution in [0.3, 0.4) is 0 Å². The normalized spacial score (nSPS) is 17.6. The molecular formula is C20H22N2O3S. The van der Waals surface area contributed by atoms with E-state index in [2.05, 4.69) is 5.32 Å². The fourth-order valence-electron chi connectivity index (χ4n) is 2.91. The number of hydrogen-bond donors (Lipinski definition) is 1. The maximum absolute atomic E-state index is 12.5. The van der Waals surface area contributed by atoms with Crippen LogP contribution in [0, 0.1) is 0 Å². The van der Waals surface area contributed by atoms with Gasteiger partial charge in [-0.05, 0) is 30.8 Å². The number of nitrogens with one attached hydrogen (secondary N) is 1. The smallest absolute Gasteiger partial charge is 0.323 e. The lowest BCUT2D eigenvalue weighted by atomic mass is 10.1. The number of hydrogen-bond acceptors (Lipinski definition) is 5. The van der Waals surface area contributed by atoms with E-state index < -0.39 is 6.04 Å². The van der Waals surface area contributed by atoms with Crippen molar-refractivity contribution in [3.05, 3.63) is 54.6 Å². The average Bonchev–Trinajstić information content (AvgIpc) is 2.66. The van der Waals surface area contributed by atoms with Crippen molar-refractivity contribution in [3.63, 3.8) is 0 Å². The highest BCUT2D eigenvalue weighted by Gasteiger charge is 2.32. The minimum atomic E-state index is -0.511. The zero-order valence-corrected chi connectivity index (χ0v) is 15.5. The second kappa shape index (κ2) is 8.87. The average molecular weight is 370 g/mol. The molecule has 136 valence electrons. The highest BCUT2D eigenvalue weighted by atomic mass is 32.2. The number of cyclic esters (lactones) is 1. The van der Waals surface area contributed by atoms with Gasteiger partial charge in [0.1, 0.15) is 12.6 Å². The van der Waals surface area contributed by atoms with Crippen LogP contribution >= 0.6 is 11.8 Å². The number of benzene rings is 2. The fraction of sp³-hybridized carbons (Fsp3) is 0.300. The van der Waals surface area contributed by atoms with E-state index in [4.69, 9.17) is 4.74 Å². The quantitative estimate of drug-likeness (QED) is 0.790. The predicted octanol–water partition coefficient (Wildman–Crippen LogP) is 3.41. The number of carbonyl (C=O) groups is 2. The lowest BCUT2D eigenvalue weighted by Crippen LogP contribution is -2.50. The van der Waals surface area contributed by atoms with Crippen molar-refractivity contribution in [2.45, 2.75) is 29.2 Å². The Morgan fingerprint density at radius 2 is 1.92 bits per heavy atom. The molecule has 2 aromatic rings. The second-order valence-electron chi connectivity index (χ2n) is 5.98. The van der Waals surface area contributed by atoms with Crippen LogP contribution in [0.2, 0.25) is 0 Å². The standard InChI is InChI=1S/C20H22N2O3S/c1-2-22-12-13-25-20(24)17(22)14-19(23)21-16-10-6-7-11-18(16)26-15-8-4-3-5-9-15/h3-11,17H,2,12-14H2,1H3,(H,21,23). The third kappa shape index (κ3) is 4.65. The van der Waals surface area contributed by atoms with Crippen LogP contribution in [0.15, 0.2) is 64.4 Å². The molecule has 5 nitrogen and oxygen atoms in total. The monoisotopic (exact) mass is 370 g/mol. The molecule has 2 aromatic carbocycles. The minimum Gasteiger partial charge on any atom is -0.463 e. The van der Waals surface area contributed by atoms with Gasteiger partial charge in [-0.3, -0.25) is 14.5 Å². The first kappa shape index (κ1) is 18.5. The zero-order valence-electron chi connectivity index (χ0n) is 14.7. The van der Waals surface area contributed by atoms with Crippen molar-refractivity contribution in [1.82, 2.24) is 4.90 Å². The first-order chi connectivity index (χ1) is 12.7. The molecule has 6 heteroatoms. The van der Waals surface area contributed by atoms with Crippen LogP contribution in [0.5, 0.6) is 0 Å². The fourth-order valence-corrected chi connectivity index (χ4v) is 3.83. The van der Waals surface area contributed by atoms with Crippen molar-refractivity contribution in [2.24, 2.45) is 0 Å². The van der Waals surface area contributed by atoms with Gasteiger partial charge >= 0.3 is 5.97 Å². The molecule has 1 heterocycles. The maximum Gasteiger partial charge on any atom is 0.323 e. The van der Waals surface area contributed by atoms with E-state index in [1.807, 2.05) is 66.4 Å². The molecule has 1 saturated heterocycles. The van der Waals surface area contributed by atoms with Gasteiger partial charge < -0.3 is 10.1 Å². The van der Waals surface area contributed by atoms with Gasteiger partial charge in [-0.25, -0.2) is 0 Å². The first-order valence-electron chi connectivity index (χ1n) is 8.70. The molecule has 1 unspecified atom stereocenters. The molecule has 1 N–H and O–H groups in total. The summed E-state index contributed by atoms with van der Waals surface area (Å²) < 4.78 is 5.11. The van der Waals surface area contributed by atoms with Crippen LogP contribution in [-0.2, 0) is 14.3 Å². The summed E-state index contributed by atoms with van der Waals surface area (Å²) in [6.07, 6.45) is 0.0943. The Bertz CT molecular complexity index is 767. The van der Waals surface area contributed by atoms with E-state index in [1.54, 1.807) is 11.8 Å². The minimum absolute atomic E-state index is 0.0943. The number of anilines is 1. The van der Waals surface area contributed by atoms with Crippen LogP contribution in [0.4, 0.5) is 5.69 Å². The molecule has 3 rings (SSSR count). The first-order valence-corrected chi connectivity index (χ1v) is 9.51. The van der Waals surface area contributed by atoms with Crippen molar-refractivity contribution in [3.8, 4) is 0 Å². The number of nitrogens with zero attached hydrogens (tertiary/aromatic N) is 1. The molecule has 1 aliphatic heterocycles. The Labute approximate surface area is 157 Å². The van der Waals surface area contributed by atoms with E-state index in [0.717, 1.165) is 15.5 Å². The van der Waals surface area contributed by atoms with Crippen molar-refractivity contribution in [2.75, 3.05) is 25.0 Å². The number of morpholine rings is 1. The number of rotatable bonds is 6. The number of likely N-dealkylation sites (N-methyl/N-ethyl adjacent to an activating group) is 1. The van der Waals surface area contributed by atoms with Crippen molar-refractivity contribution in [1.29, 1.82) is 0 Å². The third-order valence-electron chi connectivity index (χ3n) is 4.25. The summed E-state index contributed by atoms with van der Waals surface area (Å²) in [5, 5.41) is 2.95. The summed E-state index contributed by atoms with van der Waals surface area (Å²) in [5.41, 5.74) is 0.749. The second-order valence-corrected chi connectivity index (χ2v) is 7.09. The maximum atomic E-state index is 12.5. The predicted molar refractivity (Wildman–Crippen MR) is 102 cm³/mol. The molecule has 1 fully saturated rings. The summed E-state index contributed by atoms with van der Waals surface area (Å²) in [6, 6.07) is 17.2. The molecule has 0 spiro atoms. The number of para-hydroxylation sites is 1. The Hall–Kier alpha value is -2.31. The molecule has 0 aliphatic carbocycles. The van der Waals surface area contributed by atoms with E-state index in [-0.39, 0.29) is 18.3 Å². The van der Waals surface area contributed by atoms with Gasteiger partial charge in [0.15, 0.2) is 0 Å². The molecule has 1 atom stereocenters. The summed E-state index contributed by atoms with van der Waals surface area (Å²) in [5.74, 6) is -0.506. The third-order valence-corrected chi connectivity index (χ3v) is 5.34. The molecule has 1 aliphatic rings. The van der Waals surface area contributed by atoms with Gasteiger partial charge in [-0.15, -0.1) is 0 Å². The molecule has 26 heavy (non-hydrogen) atoms. The van der Waals surface area contributed by atoms with Crippen molar-refractivity contribution < 1.29 is 14.3 Å². The van der Waals surface area contributed by atoms with Gasteiger partial charge in [-0.2, -0.15) is 0 Å². The van der Waals surface area contributed by atoms with Crippen LogP contribution < -0.4 is 5.32 Å². The topological polar surface area (TPSA) is 58.6 Å². The zero-order chi connectivity index (χ0) is 18.4. The summed E-state index contributed by atoms with van der Waals surface area (Å²) in [4.78, 5) is 28.6. The van der Waals surface area contributed by atoms with E-state index in [1.165, 1.54) is 0 Å². The SMILES string of the molecule is CCN1CCOC(=O)C1CC(=O)Nc1ccccc1Sc1ccccc1. The van der Waals surface area contributed by atoms with Gasteiger partial charge in [0.25, 0.3) is 0 Å². The summed E-state index contributed by atoms with van der Waals surface area (Å²) in [6.45, 7) is 3.75. The van der Waals surface area contributed by atoms with E-state index in [9.17, 15) is 9.59 Å².